The minimum absolute atomic E-state index is 0.250. The molecule has 2 aromatic carbocycles. The molecule has 0 spiro atoms. The van der Waals surface area contributed by atoms with Gasteiger partial charge >= 0.3 is 0 Å². The molecule has 0 saturated heterocycles. The first-order chi connectivity index (χ1) is 10.8. The Kier molecular flexibility index (Phi) is 4.59. The summed E-state index contributed by atoms with van der Waals surface area (Å²) in [5.74, 6) is 1.82. The molecule has 116 valence electrons. The van der Waals surface area contributed by atoms with Crippen molar-refractivity contribution in [2.75, 3.05) is 13.2 Å². The average Bonchev–Trinajstić information content (AvgIpc) is 2.53. The molecule has 0 amide bonds. The molecule has 0 fully saturated rings. The van der Waals surface area contributed by atoms with Crippen LogP contribution in [0.1, 0.15) is 29.9 Å². The van der Waals surface area contributed by atoms with E-state index in [2.05, 4.69) is 6.07 Å². The molecule has 0 saturated carbocycles. The fourth-order valence-electron chi connectivity index (χ4n) is 2.83. The average molecular weight is 301 g/mol. The Morgan fingerprint density at radius 3 is 2.95 bits per heavy atom. The second kappa shape index (κ2) is 6.79. The van der Waals surface area contributed by atoms with Gasteiger partial charge < -0.3 is 15.2 Å². The van der Waals surface area contributed by atoms with Gasteiger partial charge in [0.15, 0.2) is 0 Å². The number of ether oxygens (including phenoxy) is 2. The second-order valence-electron chi connectivity index (χ2n) is 5.53. The SMILES string of the molecule is NCCC1CCOc2cc(OCc3cccc(F)c3)ccc21. The summed E-state index contributed by atoms with van der Waals surface area (Å²) in [4.78, 5) is 0. The van der Waals surface area contributed by atoms with Gasteiger partial charge in [-0.2, -0.15) is 0 Å². The molecule has 2 N–H and O–H groups in total. The zero-order valence-corrected chi connectivity index (χ0v) is 12.4. The van der Waals surface area contributed by atoms with E-state index in [0.717, 1.165) is 29.9 Å². The molecule has 4 heteroatoms. The molecule has 1 heterocycles. The lowest BCUT2D eigenvalue weighted by Gasteiger charge is -2.26. The van der Waals surface area contributed by atoms with Crippen LogP contribution in [0.4, 0.5) is 4.39 Å². The van der Waals surface area contributed by atoms with Gasteiger partial charge in [-0.1, -0.05) is 18.2 Å². The molecule has 1 unspecified atom stereocenters. The van der Waals surface area contributed by atoms with Crippen molar-refractivity contribution in [3.8, 4) is 11.5 Å². The van der Waals surface area contributed by atoms with Gasteiger partial charge in [0, 0.05) is 6.07 Å². The van der Waals surface area contributed by atoms with Crippen LogP contribution in [0.5, 0.6) is 11.5 Å². The normalized spacial score (nSPS) is 16.7. The highest BCUT2D eigenvalue weighted by atomic mass is 19.1. The van der Waals surface area contributed by atoms with Crippen LogP contribution in [0.2, 0.25) is 0 Å². The first kappa shape index (κ1) is 14.9. The van der Waals surface area contributed by atoms with Crippen LogP contribution in [0.3, 0.4) is 0 Å². The molecule has 1 aliphatic rings. The van der Waals surface area contributed by atoms with Crippen LogP contribution >= 0.6 is 0 Å². The molecule has 22 heavy (non-hydrogen) atoms. The van der Waals surface area contributed by atoms with E-state index >= 15 is 0 Å². The summed E-state index contributed by atoms with van der Waals surface area (Å²) in [6.45, 7) is 1.73. The lowest BCUT2D eigenvalue weighted by Crippen LogP contribution is -2.17. The van der Waals surface area contributed by atoms with Gasteiger partial charge in [0.2, 0.25) is 0 Å². The van der Waals surface area contributed by atoms with E-state index in [0.29, 0.717) is 25.7 Å². The van der Waals surface area contributed by atoms with Crippen molar-refractivity contribution in [1.29, 1.82) is 0 Å². The number of nitrogens with two attached hydrogens (primary N) is 1. The molecular weight excluding hydrogens is 281 g/mol. The van der Waals surface area contributed by atoms with Crippen molar-refractivity contribution in [1.82, 2.24) is 0 Å². The maximum absolute atomic E-state index is 13.1. The fourth-order valence-corrected chi connectivity index (χ4v) is 2.83. The Hall–Kier alpha value is -2.07. The van der Waals surface area contributed by atoms with Crippen molar-refractivity contribution < 1.29 is 13.9 Å². The van der Waals surface area contributed by atoms with E-state index < -0.39 is 0 Å². The van der Waals surface area contributed by atoms with Crippen LogP contribution in [-0.4, -0.2) is 13.2 Å². The molecule has 3 nitrogen and oxygen atoms in total. The van der Waals surface area contributed by atoms with E-state index in [1.807, 2.05) is 18.2 Å². The second-order valence-corrected chi connectivity index (χ2v) is 5.53. The minimum Gasteiger partial charge on any atom is -0.493 e. The van der Waals surface area contributed by atoms with E-state index in [9.17, 15) is 4.39 Å². The standard InChI is InChI=1S/C18H20FNO2/c19-15-3-1-2-13(10-15)12-22-16-4-5-17-14(6-8-20)7-9-21-18(17)11-16/h1-5,10-11,14H,6-9,12,20H2. The number of hydrogen-bond donors (Lipinski definition) is 1. The molecule has 0 bridgehead atoms. The first-order valence-corrected chi connectivity index (χ1v) is 7.60. The van der Waals surface area contributed by atoms with Crippen LogP contribution in [0, 0.1) is 5.82 Å². The zero-order chi connectivity index (χ0) is 15.4. The van der Waals surface area contributed by atoms with Gasteiger partial charge in [-0.15, -0.1) is 0 Å². The summed E-state index contributed by atoms with van der Waals surface area (Å²) < 4.78 is 24.6. The minimum atomic E-state index is -0.250. The molecule has 0 aliphatic carbocycles. The maximum atomic E-state index is 13.1. The summed E-state index contributed by atoms with van der Waals surface area (Å²) in [5.41, 5.74) is 7.68. The van der Waals surface area contributed by atoms with Gasteiger partial charge in [-0.3, -0.25) is 0 Å². The Morgan fingerprint density at radius 1 is 1.23 bits per heavy atom. The highest BCUT2D eigenvalue weighted by Gasteiger charge is 2.21. The third-order valence-electron chi connectivity index (χ3n) is 3.96. The summed E-state index contributed by atoms with van der Waals surface area (Å²) in [6.07, 6.45) is 1.98. The van der Waals surface area contributed by atoms with E-state index in [-0.39, 0.29) is 5.82 Å². The molecule has 3 rings (SSSR count). The van der Waals surface area contributed by atoms with Crippen molar-refractivity contribution in [3.05, 3.63) is 59.4 Å². The monoisotopic (exact) mass is 301 g/mol. The van der Waals surface area contributed by atoms with Gasteiger partial charge in [-0.25, -0.2) is 4.39 Å². The highest BCUT2D eigenvalue weighted by molar-refractivity contribution is 5.44. The fraction of sp³-hybridized carbons (Fsp3) is 0.333. The molecule has 1 atom stereocenters. The number of rotatable bonds is 5. The molecule has 2 aromatic rings. The van der Waals surface area contributed by atoms with Gasteiger partial charge in [0.05, 0.1) is 6.61 Å². The molecule has 1 aliphatic heterocycles. The topological polar surface area (TPSA) is 44.5 Å². The lowest BCUT2D eigenvalue weighted by molar-refractivity contribution is 0.258. The number of halogens is 1. The summed E-state index contributed by atoms with van der Waals surface area (Å²) in [6, 6.07) is 12.3. The Balaban J connectivity index is 1.71. The Labute approximate surface area is 129 Å². The quantitative estimate of drug-likeness (QED) is 0.917. The number of fused-ring (bicyclic) bond motifs is 1. The smallest absolute Gasteiger partial charge is 0.126 e. The first-order valence-electron chi connectivity index (χ1n) is 7.60. The summed E-state index contributed by atoms with van der Waals surface area (Å²) in [7, 11) is 0. The number of benzene rings is 2. The van der Waals surface area contributed by atoms with Crippen molar-refractivity contribution in [2.45, 2.75) is 25.4 Å². The zero-order valence-electron chi connectivity index (χ0n) is 12.4. The molecule has 0 aromatic heterocycles. The number of hydrogen-bond acceptors (Lipinski definition) is 3. The van der Waals surface area contributed by atoms with Crippen molar-refractivity contribution >= 4 is 0 Å². The highest BCUT2D eigenvalue weighted by Crippen LogP contribution is 2.37. The van der Waals surface area contributed by atoms with Crippen LogP contribution in [0.15, 0.2) is 42.5 Å². The largest absolute Gasteiger partial charge is 0.493 e. The van der Waals surface area contributed by atoms with E-state index in [1.54, 1.807) is 6.07 Å². The van der Waals surface area contributed by atoms with Crippen molar-refractivity contribution in [2.24, 2.45) is 5.73 Å². The van der Waals surface area contributed by atoms with Crippen LogP contribution < -0.4 is 15.2 Å². The van der Waals surface area contributed by atoms with Crippen LogP contribution in [0.25, 0.3) is 0 Å². The summed E-state index contributed by atoms with van der Waals surface area (Å²) in [5, 5.41) is 0. The third kappa shape index (κ3) is 3.39. The third-order valence-corrected chi connectivity index (χ3v) is 3.96. The Bertz CT molecular complexity index is 645. The van der Waals surface area contributed by atoms with E-state index in [1.165, 1.54) is 17.7 Å². The lowest BCUT2D eigenvalue weighted by atomic mass is 9.90. The van der Waals surface area contributed by atoms with Gasteiger partial charge in [0.25, 0.3) is 0 Å². The molecular formula is C18H20FNO2. The van der Waals surface area contributed by atoms with Crippen LogP contribution in [-0.2, 0) is 6.61 Å². The predicted octanol–water partition coefficient (Wildman–Crippen LogP) is 3.62. The van der Waals surface area contributed by atoms with Crippen molar-refractivity contribution in [3.63, 3.8) is 0 Å². The maximum Gasteiger partial charge on any atom is 0.126 e. The Morgan fingerprint density at radius 2 is 2.14 bits per heavy atom. The van der Waals surface area contributed by atoms with Gasteiger partial charge in [-0.05, 0) is 54.6 Å². The van der Waals surface area contributed by atoms with Gasteiger partial charge in [0.1, 0.15) is 23.9 Å². The summed E-state index contributed by atoms with van der Waals surface area (Å²) >= 11 is 0. The molecule has 0 radical (unpaired) electrons. The predicted molar refractivity (Wildman–Crippen MR) is 83.7 cm³/mol. The van der Waals surface area contributed by atoms with E-state index in [4.69, 9.17) is 15.2 Å².